The van der Waals surface area contributed by atoms with Crippen LogP contribution in [-0.2, 0) is 11.2 Å². The smallest absolute Gasteiger partial charge is 0.220 e. The monoisotopic (exact) mass is 296 g/mol. The highest BCUT2D eigenvalue weighted by Gasteiger charge is 2.13. The van der Waals surface area contributed by atoms with Crippen molar-refractivity contribution in [2.45, 2.75) is 33.1 Å². The number of nitrogens with one attached hydrogen (secondary N) is 1. The van der Waals surface area contributed by atoms with E-state index in [1.54, 1.807) is 0 Å². The molecular weight excluding hydrogens is 272 g/mol. The second-order valence-electron chi connectivity index (χ2n) is 5.66. The maximum Gasteiger partial charge on any atom is 0.220 e. The Morgan fingerprint density at radius 1 is 1.30 bits per heavy atom. The van der Waals surface area contributed by atoms with Gasteiger partial charge in [-0.25, -0.2) is 0 Å². The van der Waals surface area contributed by atoms with Crippen LogP contribution in [0.5, 0.6) is 0 Å². The number of carbonyl (C=O) groups excluding carboxylic acids is 1. The Bertz CT molecular complexity index is 403. The summed E-state index contributed by atoms with van der Waals surface area (Å²) >= 11 is 5.83. The van der Waals surface area contributed by atoms with Crippen molar-refractivity contribution in [2.75, 3.05) is 13.1 Å². The third kappa shape index (κ3) is 6.92. The summed E-state index contributed by atoms with van der Waals surface area (Å²) in [4.78, 5) is 11.9. The number of carbonyl (C=O) groups is 1. The summed E-state index contributed by atoms with van der Waals surface area (Å²) in [5, 5.41) is 3.69. The first-order chi connectivity index (χ1) is 9.51. The molecule has 1 atom stereocenters. The van der Waals surface area contributed by atoms with Crippen molar-refractivity contribution in [1.82, 2.24) is 5.32 Å². The van der Waals surface area contributed by atoms with Crippen LogP contribution in [0.2, 0.25) is 5.02 Å². The molecule has 1 unspecified atom stereocenters. The average Bonchev–Trinajstić information content (AvgIpc) is 2.39. The lowest BCUT2D eigenvalue weighted by Crippen LogP contribution is -2.30. The van der Waals surface area contributed by atoms with Crippen LogP contribution >= 0.6 is 11.6 Å². The Hall–Kier alpha value is -1.06. The van der Waals surface area contributed by atoms with Gasteiger partial charge in [0.25, 0.3) is 0 Å². The fourth-order valence-corrected chi connectivity index (χ4v) is 2.39. The van der Waals surface area contributed by atoms with E-state index in [2.05, 4.69) is 19.2 Å². The first kappa shape index (κ1) is 17.0. The standard InChI is InChI=1S/C16H25ClN2O/c1-12(2)9-14(11-18)10-16(20)19-8-7-13-3-5-15(17)6-4-13/h3-6,12,14H,7-11,18H2,1-2H3,(H,19,20). The topological polar surface area (TPSA) is 55.1 Å². The van der Waals surface area contributed by atoms with Gasteiger partial charge >= 0.3 is 0 Å². The largest absolute Gasteiger partial charge is 0.356 e. The predicted octanol–water partition coefficient (Wildman–Crippen LogP) is 3.01. The maximum absolute atomic E-state index is 11.9. The summed E-state index contributed by atoms with van der Waals surface area (Å²) in [5.41, 5.74) is 6.88. The van der Waals surface area contributed by atoms with Crippen molar-refractivity contribution in [3.05, 3.63) is 34.9 Å². The van der Waals surface area contributed by atoms with Gasteiger partial charge < -0.3 is 11.1 Å². The summed E-state index contributed by atoms with van der Waals surface area (Å²) < 4.78 is 0. The zero-order valence-corrected chi connectivity index (χ0v) is 13.1. The minimum Gasteiger partial charge on any atom is -0.356 e. The molecule has 1 aromatic carbocycles. The van der Waals surface area contributed by atoms with Gasteiger partial charge in [-0.3, -0.25) is 4.79 Å². The van der Waals surface area contributed by atoms with E-state index in [1.807, 2.05) is 24.3 Å². The third-order valence-corrected chi connectivity index (χ3v) is 3.51. The Morgan fingerprint density at radius 3 is 2.50 bits per heavy atom. The molecule has 1 rings (SSSR count). The van der Waals surface area contributed by atoms with E-state index in [9.17, 15) is 4.79 Å². The average molecular weight is 297 g/mol. The molecule has 0 fully saturated rings. The zero-order valence-electron chi connectivity index (χ0n) is 12.4. The van der Waals surface area contributed by atoms with Crippen molar-refractivity contribution in [3.8, 4) is 0 Å². The number of amides is 1. The molecule has 0 heterocycles. The van der Waals surface area contributed by atoms with Crippen LogP contribution in [0.15, 0.2) is 24.3 Å². The van der Waals surface area contributed by atoms with Gasteiger partial charge in [-0.1, -0.05) is 37.6 Å². The third-order valence-electron chi connectivity index (χ3n) is 3.26. The van der Waals surface area contributed by atoms with E-state index >= 15 is 0 Å². The molecule has 20 heavy (non-hydrogen) atoms. The van der Waals surface area contributed by atoms with Gasteiger partial charge in [-0.05, 0) is 48.9 Å². The number of rotatable bonds is 8. The number of nitrogens with two attached hydrogens (primary N) is 1. The Kier molecular flexibility index (Phi) is 7.63. The molecule has 1 amide bonds. The van der Waals surface area contributed by atoms with Crippen molar-refractivity contribution in [2.24, 2.45) is 17.6 Å². The van der Waals surface area contributed by atoms with Crippen LogP contribution in [0, 0.1) is 11.8 Å². The van der Waals surface area contributed by atoms with Crippen LogP contribution < -0.4 is 11.1 Å². The van der Waals surface area contributed by atoms with Crippen molar-refractivity contribution >= 4 is 17.5 Å². The zero-order chi connectivity index (χ0) is 15.0. The molecule has 0 spiro atoms. The lowest BCUT2D eigenvalue weighted by Gasteiger charge is -2.16. The number of benzene rings is 1. The lowest BCUT2D eigenvalue weighted by molar-refractivity contribution is -0.122. The molecule has 0 saturated carbocycles. The summed E-state index contributed by atoms with van der Waals surface area (Å²) in [6.45, 7) is 5.53. The minimum absolute atomic E-state index is 0.0927. The van der Waals surface area contributed by atoms with E-state index < -0.39 is 0 Å². The second kappa shape index (κ2) is 8.98. The van der Waals surface area contributed by atoms with Gasteiger partial charge in [-0.2, -0.15) is 0 Å². The number of hydrogen-bond acceptors (Lipinski definition) is 2. The predicted molar refractivity (Wildman–Crippen MR) is 84.8 cm³/mol. The molecule has 0 radical (unpaired) electrons. The van der Waals surface area contributed by atoms with Crippen LogP contribution in [0.1, 0.15) is 32.3 Å². The molecule has 0 saturated heterocycles. The molecule has 3 nitrogen and oxygen atoms in total. The summed E-state index contributed by atoms with van der Waals surface area (Å²) in [6, 6.07) is 7.70. The van der Waals surface area contributed by atoms with Gasteiger partial charge in [0.15, 0.2) is 0 Å². The fourth-order valence-electron chi connectivity index (χ4n) is 2.26. The highest BCUT2D eigenvalue weighted by molar-refractivity contribution is 6.30. The van der Waals surface area contributed by atoms with Crippen molar-refractivity contribution < 1.29 is 4.79 Å². The van der Waals surface area contributed by atoms with Crippen LogP contribution in [0.3, 0.4) is 0 Å². The lowest BCUT2D eigenvalue weighted by atomic mass is 9.94. The highest BCUT2D eigenvalue weighted by atomic mass is 35.5. The van der Waals surface area contributed by atoms with E-state index in [0.29, 0.717) is 25.4 Å². The van der Waals surface area contributed by atoms with Gasteiger partial charge in [0.2, 0.25) is 5.91 Å². The summed E-state index contributed by atoms with van der Waals surface area (Å²) in [5.74, 6) is 0.950. The molecular formula is C16H25ClN2O. The Labute approximate surface area is 126 Å². The molecule has 0 bridgehead atoms. The first-order valence-corrected chi connectivity index (χ1v) is 7.60. The van der Waals surface area contributed by atoms with E-state index in [4.69, 9.17) is 17.3 Å². The molecule has 4 heteroatoms. The van der Waals surface area contributed by atoms with Crippen molar-refractivity contribution in [3.63, 3.8) is 0 Å². The van der Waals surface area contributed by atoms with Gasteiger partial charge in [0.1, 0.15) is 0 Å². The molecule has 0 aromatic heterocycles. The number of hydrogen-bond donors (Lipinski definition) is 2. The molecule has 0 aliphatic carbocycles. The molecule has 0 aliphatic heterocycles. The van der Waals surface area contributed by atoms with Gasteiger partial charge in [-0.15, -0.1) is 0 Å². The number of halogens is 1. The molecule has 3 N–H and O–H groups in total. The van der Waals surface area contributed by atoms with Crippen LogP contribution in [-0.4, -0.2) is 19.0 Å². The van der Waals surface area contributed by atoms with Crippen molar-refractivity contribution in [1.29, 1.82) is 0 Å². The van der Waals surface area contributed by atoms with Gasteiger partial charge in [0, 0.05) is 18.0 Å². The Balaban J connectivity index is 2.27. The van der Waals surface area contributed by atoms with Crippen LogP contribution in [0.25, 0.3) is 0 Å². The SMILES string of the molecule is CC(C)CC(CN)CC(=O)NCCc1ccc(Cl)cc1. The quantitative estimate of drug-likeness (QED) is 0.775. The van der Waals surface area contributed by atoms with E-state index in [0.717, 1.165) is 17.9 Å². The highest BCUT2D eigenvalue weighted by Crippen LogP contribution is 2.14. The fraction of sp³-hybridized carbons (Fsp3) is 0.562. The molecule has 1 aromatic rings. The van der Waals surface area contributed by atoms with E-state index in [1.165, 1.54) is 5.56 Å². The summed E-state index contributed by atoms with van der Waals surface area (Å²) in [6.07, 6.45) is 2.34. The minimum atomic E-state index is 0.0927. The van der Waals surface area contributed by atoms with E-state index in [-0.39, 0.29) is 11.8 Å². The second-order valence-corrected chi connectivity index (χ2v) is 6.10. The first-order valence-electron chi connectivity index (χ1n) is 7.22. The van der Waals surface area contributed by atoms with Gasteiger partial charge in [0.05, 0.1) is 0 Å². The molecule has 112 valence electrons. The molecule has 0 aliphatic rings. The maximum atomic E-state index is 11.9. The Morgan fingerprint density at radius 2 is 1.95 bits per heavy atom. The van der Waals surface area contributed by atoms with Crippen LogP contribution in [0.4, 0.5) is 0 Å². The normalized spacial score (nSPS) is 12.4. The summed E-state index contributed by atoms with van der Waals surface area (Å²) in [7, 11) is 0.